The van der Waals surface area contributed by atoms with Crippen LogP contribution in [0.15, 0.2) is 78.9 Å². The quantitative estimate of drug-likeness (QED) is 0.506. The Morgan fingerprint density at radius 2 is 1.37 bits per heavy atom. The number of anilines is 1. The largest absolute Gasteiger partial charge is 0.368 e. The zero-order valence-electron chi connectivity index (χ0n) is 14.8. The predicted molar refractivity (Wildman–Crippen MR) is 106 cm³/mol. The first kappa shape index (κ1) is 18.6. The molecule has 0 spiro atoms. The smallest absolute Gasteiger partial charge is 0.319 e. The van der Waals surface area contributed by atoms with Gasteiger partial charge in [0.05, 0.1) is 0 Å². The second-order valence-electron chi connectivity index (χ2n) is 6.25. The Kier molecular flexibility index (Phi) is 6.20. The lowest BCUT2D eigenvalue weighted by Gasteiger charge is -2.09. The molecule has 27 heavy (non-hydrogen) atoms. The van der Waals surface area contributed by atoms with E-state index in [9.17, 15) is 4.79 Å². The van der Waals surface area contributed by atoms with E-state index in [1.807, 2.05) is 78.9 Å². The molecule has 0 bridgehead atoms. The minimum atomic E-state index is -1.35. The maximum Gasteiger partial charge on any atom is 0.319 e. The van der Waals surface area contributed by atoms with Crippen LogP contribution in [0.3, 0.4) is 0 Å². The zero-order valence-corrected chi connectivity index (χ0v) is 14.8. The average Bonchev–Trinajstić information content (AvgIpc) is 2.68. The topological polar surface area (TPSA) is 81.6 Å². The fourth-order valence-corrected chi connectivity index (χ4v) is 2.74. The molecule has 0 radical (unpaired) electrons. The van der Waals surface area contributed by atoms with Crippen molar-refractivity contribution in [3.63, 3.8) is 0 Å². The third-order valence-corrected chi connectivity index (χ3v) is 4.14. The summed E-state index contributed by atoms with van der Waals surface area (Å²) in [7, 11) is 0. The second-order valence-corrected chi connectivity index (χ2v) is 6.25. The van der Waals surface area contributed by atoms with Gasteiger partial charge in [-0.15, -0.1) is 0 Å². The summed E-state index contributed by atoms with van der Waals surface area (Å²) in [6, 6.07) is 24.8. The van der Waals surface area contributed by atoms with Gasteiger partial charge in [0.15, 0.2) is 6.29 Å². The van der Waals surface area contributed by atoms with Crippen LogP contribution in [0.2, 0.25) is 0 Å². The summed E-state index contributed by atoms with van der Waals surface area (Å²) >= 11 is 0. The maximum atomic E-state index is 12.1. The number of carbonyl (C=O) groups excluding carboxylic acids is 1. The van der Waals surface area contributed by atoms with Crippen molar-refractivity contribution in [1.82, 2.24) is 5.32 Å². The van der Waals surface area contributed by atoms with Crippen LogP contribution in [0, 0.1) is 0 Å². The molecule has 0 saturated carbocycles. The van der Waals surface area contributed by atoms with Gasteiger partial charge in [-0.05, 0) is 34.4 Å². The van der Waals surface area contributed by atoms with Gasteiger partial charge in [0, 0.05) is 18.7 Å². The number of amides is 2. The standard InChI is InChI=1S/C22H22N2O3/c25-21(26)14-16-6-8-17(9-7-16)15-23-22(27)24-20-12-10-19(11-13-20)18-4-2-1-3-5-18/h1-13,21,25-26H,14-15H2,(H2,23,24,27). The lowest BCUT2D eigenvalue weighted by atomic mass is 10.1. The highest BCUT2D eigenvalue weighted by Gasteiger charge is 2.04. The lowest BCUT2D eigenvalue weighted by molar-refractivity contribution is -0.0381. The van der Waals surface area contributed by atoms with Gasteiger partial charge in [-0.1, -0.05) is 66.7 Å². The van der Waals surface area contributed by atoms with Crippen LogP contribution in [0.1, 0.15) is 11.1 Å². The van der Waals surface area contributed by atoms with E-state index in [4.69, 9.17) is 10.2 Å². The molecule has 0 heterocycles. The molecule has 2 amide bonds. The second kappa shape index (κ2) is 8.98. The van der Waals surface area contributed by atoms with Crippen molar-refractivity contribution in [3.05, 3.63) is 90.0 Å². The first-order chi connectivity index (χ1) is 13.1. The molecule has 3 aromatic carbocycles. The monoisotopic (exact) mass is 362 g/mol. The molecule has 5 nitrogen and oxygen atoms in total. The summed E-state index contributed by atoms with van der Waals surface area (Å²) in [5.74, 6) is 0. The third-order valence-electron chi connectivity index (χ3n) is 4.14. The molecule has 0 fully saturated rings. The van der Waals surface area contributed by atoms with Crippen molar-refractivity contribution in [2.75, 3.05) is 5.32 Å². The number of carbonyl (C=O) groups is 1. The molecule has 0 saturated heterocycles. The normalized spacial score (nSPS) is 10.6. The fourth-order valence-electron chi connectivity index (χ4n) is 2.74. The molecule has 0 aliphatic rings. The number of aliphatic hydroxyl groups excluding tert-OH is 1. The Morgan fingerprint density at radius 1 is 0.778 bits per heavy atom. The molecule has 138 valence electrons. The molecule has 0 aromatic heterocycles. The molecule has 3 aromatic rings. The van der Waals surface area contributed by atoms with Gasteiger partial charge in [-0.2, -0.15) is 0 Å². The van der Waals surface area contributed by atoms with Crippen LogP contribution in [0.4, 0.5) is 10.5 Å². The van der Waals surface area contributed by atoms with Crippen molar-refractivity contribution in [2.45, 2.75) is 19.3 Å². The molecule has 0 aliphatic heterocycles. The van der Waals surface area contributed by atoms with E-state index < -0.39 is 6.29 Å². The number of urea groups is 1. The Bertz CT molecular complexity index is 860. The lowest BCUT2D eigenvalue weighted by Crippen LogP contribution is -2.28. The molecule has 4 N–H and O–H groups in total. The van der Waals surface area contributed by atoms with Gasteiger partial charge in [0.25, 0.3) is 0 Å². The van der Waals surface area contributed by atoms with Gasteiger partial charge in [-0.3, -0.25) is 0 Å². The van der Waals surface area contributed by atoms with Crippen molar-refractivity contribution in [2.24, 2.45) is 0 Å². The van der Waals surface area contributed by atoms with E-state index in [1.54, 1.807) is 0 Å². The summed E-state index contributed by atoms with van der Waals surface area (Å²) in [6.45, 7) is 0.385. The molecular weight excluding hydrogens is 340 g/mol. The Labute approximate surface area is 158 Å². The highest BCUT2D eigenvalue weighted by atomic mass is 16.5. The average molecular weight is 362 g/mol. The van der Waals surface area contributed by atoms with Gasteiger partial charge in [-0.25, -0.2) is 4.79 Å². The van der Waals surface area contributed by atoms with Crippen LogP contribution in [0.25, 0.3) is 11.1 Å². The predicted octanol–water partition coefficient (Wildman–Crippen LogP) is 3.53. The highest BCUT2D eigenvalue weighted by Crippen LogP contribution is 2.20. The maximum absolute atomic E-state index is 12.1. The van der Waals surface area contributed by atoms with Gasteiger partial charge < -0.3 is 20.8 Å². The summed E-state index contributed by atoms with van der Waals surface area (Å²) in [4.78, 5) is 12.1. The summed E-state index contributed by atoms with van der Waals surface area (Å²) < 4.78 is 0. The van der Waals surface area contributed by atoms with Gasteiger partial charge in [0.2, 0.25) is 0 Å². The third kappa shape index (κ3) is 5.67. The van der Waals surface area contributed by atoms with E-state index in [1.165, 1.54) is 0 Å². The van der Waals surface area contributed by atoms with E-state index in [0.29, 0.717) is 6.54 Å². The number of hydrogen-bond donors (Lipinski definition) is 4. The molecule has 0 aliphatic carbocycles. The van der Waals surface area contributed by atoms with Gasteiger partial charge >= 0.3 is 6.03 Å². The number of aliphatic hydroxyl groups is 2. The van der Waals surface area contributed by atoms with Crippen molar-refractivity contribution in [1.29, 1.82) is 0 Å². The number of benzene rings is 3. The summed E-state index contributed by atoms with van der Waals surface area (Å²) in [5.41, 5.74) is 4.71. The van der Waals surface area contributed by atoms with Crippen molar-refractivity contribution in [3.8, 4) is 11.1 Å². The minimum Gasteiger partial charge on any atom is -0.368 e. The van der Waals surface area contributed by atoms with Crippen molar-refractivity contribution >= 4 is 11.7 Å². The SMILES string of the molecule is O=C(NCc1ccc(CC(O)O)cc1)Nc1ccc(-c2ccccc2)cc1. The minimum absolute atomic E-state index is 0.188. The Hall–Kier alpha value is -3.15. The van der Waals surface area contributed by atoms with Crippen LogP contribution in [-0.4, -0.2) is 22.5 Å². The number of nitrogens with one attached hydrogen (secondary N) is 2. The van der Waals surface area contributed by atoms with Crippen molar-refractivity contribution < 1.29 is 15.0 Å². The summed E-state index contributed by atoms with van der Waals surface area (Å²) in [6.07, 6.45) is -1.17. The number of rotatable bonds is 6. The molecule has 0 atom stereocenters. The zero-order chi connectivity index (χ0) is 19.1. The highest BCUT2D eigenvalue weighted by molar-refractivity contribution is 5.89. The van der Waals surface area contributed by atoms with Gasteiger partial charge in [0.1, 0.15) is 0 Å². The fraction of sp³-hybridized carbons (Fsp3) is 0.136. The summed E-state index contributed by atoms with van der Waals surface area (Å²) in [5, 5.41) is 23.5. The van der Waals surface area contributed by atoms with Crippen LogP contribution < -0.4 is 10.6 Å². The molecule has 3 rings (SSSR count). The molecule has 5 heteroatoms. The van der Waals surface area contributed by atoms with E-state index in [2.05, 4.69) is 10.6 Å². The molecular formula is C22H22N2O3. The van der Waals surface area contributed by atoms with Crippen LogP contribution in [-0.2, 0) is 13.0 Å². The first-order valence-electron chi connectivity index (χ1n) is 8.74. The first-order valence-corrected chi connectivity index (χ1v) is 8.74. The van der Waals surface area contributed by atoms with E-state index in [-0.39, 0.29) is 12.5 Å². The van der Waals surface area contributed by atoms with Crippen LogP contribution in [0.5, 0.6) is 0 Å². The number of hydrogen-bond acceptors (Lipinski definition) is 3. The van der Waals surface area contributed by atoms with Crippen LogP contribution >= 0.6 is 0 Å². The Balaban J connectivity index is 1.50. The molecule has 0 unspecified atom stereocenters. The van der Waals surface area contributed by atoms with E-state index >= 15 is 0 Å². The Morgan fingerprint density at radius 3 is 2.00 bits per heavy atom. The van der Waals surface area contributed by atoms with E-state index in [0.717, 1.165) is 27.9 Å².